The first-order valence-corrected chi connectivity index (χ1v) is 17.1. The third-order valence-electron chi connectivity index (χ3n) is 5.60. The SMILES string of the molecule is C[Se+](c1ccccc1)c1ccc2c3c(ccc([Se]c4ccccc4)c13)CC2.O=S(=O)([O-])C(F)(F)F. The van der Waals surface area contributed by atoms with Gasteiger partial charge in [0.25, 0.3) is 0 Å². The molecule has 0 amide bonds. The fourth-order valence-electron chi connectivity index (χ4n) is 3.97. The van der Waals surface area contributed by atoms with Crippen LogP contribution >= 0.6 is 0 Å². The molecule has 0 N–H and O–H groups in total. The van der Waals surface area contributed by atoms with Crippen molar-refractivity contribution in [1.82, 2.24) is 0 Å². The molecule has 5 rings (SSSR count). The van der Waals surface area contributed by atoms with Crippen LogP contribution in [0.2, 0.25) is 5.82 Å². The summed E-state index contributed by atoms with van der Waals surface area (Å²) in [7, 11) is -6.09. The van der Waals surface area contributed by atoms with Gasteiger partial charge < -0.3 is 4.55 Å². The van der Waals surface area contributed by atoms with Gasteiger partial charge in [0.05, 0.1) is 0 Å². The van der Waals surface area contributed by atoms with Crippen LogP contribution in [0.5, 0.6) is 0 Å². The number of benzene rings is 4. The summed E-state index contributed by atoms with van der Waals surface area (Å²) in [6.07, 6.45) is 2.40. The van der Waals surface area contributed by atoms with E-state index in [1.807, 2.05) is 0 Å². The van der Waals surface area contributed by atoms with E-state index in [1.54, 1.807) is 30.8 Å². The Bertz CT molecular complexity index is 1430. The Hall–Kier alpha value is -2.12. The molecule has 0 heterocycles. The summed E-state index contributed by atoms with van der Waals surface area (Å²) < 4.78 is 65.0. The van der Waals surface area contributed by atoms with Gasteiger partial charge in [-0.1, -0.05) is 0 Å². The molecule has 0 spiro atoms. The van der Waals surface area contributed by atoms with Crippen LogP contribution < -0.4 is 17.8 Å². The Morgan fingerprint density at radius 2 is 1.31 bits per heavy atom. The Morgan fingerprint density at radius 1 is 0.800 bits per heavy atom. The van der Waals surface area contributed by atoms with E-state index in [2.05, 4.69) is 90.8 Å². The molecule has 9 heteroatoms. The molecule has 1 unspecified atom stereocenters. The van der Waals surface area contributed by atoms with E-state index < -0.39 is 29.5 Å². The zero-order valence-electron chi connectivity index (χ0n) is 18.6. The van der Waals surface area contributed by atoms with Crippen molar-refractivity contribution < 1.29 is 26.1 Å². The fourth-order valence-corrected chi connectivity index (χ4v) is 9.77. The molecule has 4 aromatic carbocycles. The van der Waals surface area contributed by atoms with Crippen LogP contribution in [0, 0.1) is 0 Å². The van der Waals surface area contributed by atoms with Crippen LogP contribution in [0.15, 0.2) is 84.9 Å². The number of rotatable bonds is 4. The molecule has 0 aromatic heterocycles. The fraction of sp³-hybridized carbons (Fsp3) is 0.154. The predicted octanol–water partition coefficient (Wildman–Crippen LogP) is 2.88. The number of alkyl halides is 3. The van der Waals surface area contributed by atoms with Gasteiger partial charge in [-0.3, -0.25) is 0 Å². The van der Waals surface area contributed by atoms with Crippen LogP contribution in [0.4, 0.5) is 13.2 Å². The van der Waals surface area contributed by atoms with Gasteiger partial charge in [-0.05, 0) is 0 Å². The van der Waals surface area contributed by atoms with Crippen LogP contribution in [0.1, 0.15) is 11.1 Å². The maximum Gasteiger partial charge on any atom is 0.485 e. The summed E-state index contributed by atoms with van der Waals surface area (Å²) in [5.41, 5.74) is -2.53. The Labute approximate surface area is 213 Å². The molecule has 0 saturated carbocycles. The molecule has 1 aliphatic rings. The van der Waals surface area contributed by atoms with E-state index in [-0.39, 0.29) is 0 Å². The summed E-state index contributed by atoms with van der Waals surface area (Å²) in [6, 6.07) is 31.8. The third-order valence-corrected chi connectivity index (χ3v) is 12.6. The summed E-state index contributed by atoms with van der Waals surface area (Å²) in [5, 5.41) is 3.16. The average Bonchev–Trinajstić information content (AvgIpc) is 3.25. The third kappa shape index (κ3) is 5.83. The molecular formula is C26H21F3O3SSe2. The quantitative estimate of drug-likeness (QED) is 0.199. The van der Waals surface area contributed by atoms with Crippen molar-refractivity contribution in [2.75, 3.05) is 0 Å². The van der Waals surface area contributed by atoms with Crippen molar-refractivity contribution in [3.8, 4) is 0 Å². The van der Waals surface area contributed by atoms with Gasteiger partial charge in [-0.2, -0.15) is 13.2 Å². The van der Waals surface area contributed by atoms with Crippen molar-refractivity contribution >= 4 is 67.6 Å². The summed E-state index contributed by atoms with van der Waals surface area (Å²) >= 11 is -0.702. The maximum atomic E-state index is 10.7. The first-order valence-electron chi connectivity index (χ1n) is 10.6. The number of hydrogen-bond donors (Lipinski definition) is 0. The Kier molecular flexibility index (Phi) is 7.77. The van der Waals surface area contributed by atoms with Gasteiger partial charge in [-0.25, -0.2) is 8.42 Å². The van der Waals surface area contributed by atoms with E-state index in [9.17, 15) is 13.2 Å². The van der Waals surface area contributed by atoms with Crippen molar-refractivity contribution in [1.29, 1.82) is 0 Å². The van der Waals surface area contributed by atoms with Gasteiger partial charge in [0.1, 0.15) is 0 Å². The monoisotopic (exact) mass is 630 g/mol. The summed E-state index contributed by atoms with van der Waals surface area (Å²) in [4.78, 5) is 0. The molecule has 0 aliphatic heterocycles. The maximum absolute atomic E-state index is 10.7. The predicted molar refractivity (Wildman–Crippen MR) is 136 cm³/mol. The number of aryl methyl sites for hydroxylation is 2. The molecule has 3 nitrogen and oxygen atoms in total. The molecule has 35 heavy (non-hydrogen) atoms. The van der Waals surface area contributed by atoms with Crippen LogP contribution in [-0.4, -0.2) is 47.3 Å². The van der Waals surface area contributed by atoms with Crippen molar-refractivity contribution in [3.63, 3.8) is 0 Å². The Balaban J connectivity index is 0.000000314. The van der Waals surface area contributed by atoms with Gasteiger partial charge in [0.15, 0.2) is 10.1 Å². The molecule has 182 valence electrons. The van der Waals surface area contributed by atoms with Crippen LogP contribution in [-0.2, 0) is 23.0 Å². The van der Waals surface area contributed by atoms with Gasteiger partial charge in [0.2, 0.25) is 0 Å². The molecule has 1 aliphatic carbocycles. The zero-order valence-corrected chi connectivity index (χ0v) is 22.8. The van der Waals surface area contributed by atoms with Crippen LogP contribution in [0.3, 0.4) is 0 Å². The second kappa shape index (κ2) is 10.5. The average molecular weight is 628 g/mol. The summed E-state index contributed by atoms with van der Waals surface area (Å²) in [6.45, 7) is 0. The largest absolute Gasteiger partial charge is 0.741 e. The van der Waals surface area contributed by atoms with E-state index in [0.717, 1.165) is 0 Å². The normalized spacial score (nSPS) is 13.9. The minimum Gasteiger partial charge on any atom is -0.741 e. The molecule has 0 saturated heterocycles. The molecule has 0 radical (unpaired) electrons. The van der Waals surface area contributed by atoms with E-state index >= 15 is 0 Å². The first-order chi connectivity index (χ1) is 16.6. The topological polar surface area (TPSA) is 57.2 Å². The smallest absolute Gasteiger partial charge is 0.485 e. The van der Waals surface area contributed by atoms with Crippen molar-refractivity contribution in [2.24, 2.45) is 0 Å². The molecule has 4 aromatic rings. The molecule has 0 bridgehead atoms. The molecular weight excluding hydrogens is 607 g/mol. The first kappa shape index (κ1) is 26.0. The number of hydrogen-bond acceptors (Lipinski definition) is 3. The van der Waals surface area contributed by atoms with Gasteiger partial charge in [-0.15, -0.1) is 0 Å². The summed E-state index contributed by atoms with van der Waals surface area (Å²) in [5.74, 6) is 2.48. The van der Waals surface area contributed by atoms with Gasteiger partial charge in [0, 0.05) is 0 Å². The van der Waals surface area contributed by atoms with Crippen molar-refractivity contribution in [2.45, 2.75) is 24.2 Å². The second-order valence-corrected chi connectivity index (χ2v) is 15.6. The number of halogens is 3. The van der Waals surface area contributed by atoms with Crippen molar-refractivity contribution in [3.05, 3.63) is 96.1 Å². The van der Waals surface area contributed by atoms with Crippen LogP contribution in [0.25, 0.3) is 10.8 Å². The molecule has 1 atom stereocenters. The minimum absolute atomic E-state index is 0.346. The zero-order chi connectivity index (χ0) is 25.2. The standard InChI is InChI=1S/C25H21Se2.CHF3O3S/c1-27(21-10-6-3-7-11-21)23-17-15-19-13-12-18-14-16-22(25(23)24(18)19)26-20-8-4-2-5-9-20;2-1(3,4)8(5,6)7/h2-11,14-17H,12-13H2,1H3;(H,5,6,7)/q+1;/p-1. The molecule has 0 fully saturated rings. The van der Waals surface area contributed by atoms with E-state index in [4.69, 9.17) is 13.0 Å². The van der Waals surface area contributed by atoms with E-state index in [0.29, 0.717) is 15.0 Å². The van der Waals surface area contributed by atoms with Gasteiger partial charge >= 0.3 is 178 Å². The second-order valence-electron chi connectivity index (χ2n) is 7.83. The minimum atomic E-state index is -6.09. The Morgan fingerprint density at radius 3 is 1.86 bits per heavy atom. The van der Waals surface area contributed by atoms with E-state index in [1.165, 1.54) is 21.8 Å².